The maximum absolute atomic E-state index is 13.4. The van der Waals surface area contributed by atoms with E-state index in [9.17, 15) is 4.79 Å². The molecule has 1 amide bonds. The molecule has 0 fully saturated rings. The third-order valence-corrected chi connectivity index (χ3v) is 6.22. The molecular weight excluding hydrogens is 490 g/mol. The maximum Gasteiger partial charge on any atom is 0.259 e. The molecule has 0 aliphatic heterocycles. The number of para-hydroxylation sites is 1. The zero-order valence-electron chi connectivity index (χ0n) is 21.2. The molecule has 0 saturated heterocycles. The van der Waals surface area contributed by atoms with Crippen LogP contribution >= 0.6 is 0 Å². The Morgan fingerprint density at radius 2 is 1.82 bits per heavy atom. The first-order valence-electron chi connectivity index (χ1n) is 12.3. The van der Waals surface area contributed by atoms with E-state index in [1.165, 1.54) is 4.52 Å². The van der Waals surface area contributed by atoms with Gasteiger partial charge >= 0.3 is 0 Å². The molecule has 2 aromatic carbocycles. The molecule has 10 heteroatoms. The number of hydrogen-bond donors (Lipinski definition) is 2. The SMILES string of the molecule is C[C@H](NC(=O)c1c(N)nn2cccnc12)c1nc2cccc(C#Cc3ccn(C)n3)c2nc1-c1ccccc1. The number of nitrogens with two attached hydrogens (primary N) is 1. The summed E-state index contributed by atoms with van der Waals surface area (Å²) in [5.41, 5.74) is 11.5. The fourth-order valence-electron chi connectivity index (χ4n) is 4.37. The van der Waals surface area contributed by atoms with Gasteiger partial charge in [0.2, 0.25) is 0 Å². The predicted octanol–water partition coefficient (Wildman–Crippen LogP) is 3.55. The lowest BCUT2D eigenvalue weighted by Crippen LogP contribution is -2.28. The Balaban J connectivity index is 1.43. The van der Waals surface area contributed by atoms with Gasteiger partial charge in [-0.15, -0.1) is 5.10 Å². The number of carbonyl (C=O) groups is 1. The highest BCUT2D eigenvalue weighted by Gasteiger charge is 2.24. The van der Waals surface area contributed by atoms with Crippen molar-refractivity contribution in [3.8, 4) is 23.1 Å². The average molecular weight is 514 g/mol. The van der Waals surface area contributed by atoms with Crippen molar-refractivity contribution >= 4 is 28.4 Å². The third kappa shape index (κ3) is 4.53. The van der Waals surface area contributed by atoms with E-state index in [1.54, 1.807) is 23.1 Å². The first kappa shape index (κ1) is 23.8. The number of benzene rings is 2. The highest BCUT2D eigenvalue weighted by atomic mass is 16.1. The van der Waals surface area contributed by atoms with Crippen LogP contribution < -0.4 is 11.1 Å². The number of nitrogen functional groups attached to an aromatic ring is 1. The summed E-state index contributed by atoms with van der Waals surface area (Å²) in [6.07, 6.45) is 5.13. The molecule has 0 radical (unpaired) electrons. The van der Waals surface area contributed by atoms with Crippen molar-refractivity contribution in [1.82, 2.24) is 39.7 Å². The minimum Gasteiger partial charge on any atom is -0.381 e. The van der Waals surface area contributed by atoms with E-state index in [4.69, 9.17) is 15.7 Å². The molecule has 0 unspecified atom stereocenters. The van der Waals surface area contributed by atoms with Crippen LogP contribution in [0.25, 0.3) is 27.9 Å². The number of carbonyl (C=O) groups excluding carboxylic acids is 1. The summed E-state index contributed by atoms with van der Waals surface area (Å²) in [5, 5.41) is 11.5. The maximum atomic E-state index is 13.4. The van der Waals surface area contributed by atoms with E-state index in [-0.39, 0.29) is 11.4 Å². The molecule has 0 bridgehead atoms. The lowest BCUT2D eigenvalue weighted by Gasteiger charge is -2.18. The highest BCUT2D eigenvalue weighted by Crippen LogP contribution is 2.29. The minimum atomic E-state index is -0.508. The molecule has 1 atom stereocenters. The summed E-state index contributed by atoms with van der Waals surface area (Å²) in [6, 6.07) is 18.5. The lowest BCUT2D eigenvalue weighted by atomic mass is 10.0. The summed E-state index contributed by atoms with van der Waals surface area (Å²) in [5.74, 6) is 5.99. The van der Waals surface area contributed by atoms with Crippen molar-refractivity contribution in [3.05, 3.63) is 102 Å². The summed E-state index contributed by atoms with van der Waals surface area (Å²) in [4.78, 5) is 27.6. The van der Waals surface area contributed by atoms with Crippen molar-refractivity contribution in [2.24, 2.45) is 7.05 Å². The van der Waals surface area contributed by atoms with Gasteiger partial charge in [-0.1, -0.05) is 42.3 Å². The molecule has 4 heterocycles. The van der Waals surface area contributed by atoms with E-state index in [1.807, 2.05) is 74.8 Å². The van der Waals surface area contributed by atoms with Crippen LogP contribution in [-0.2, 0) is 7.05 Å². The Morgan fingerprint density at radius 1 is 0.974 bits per heavy atom. The second-order valence-corrected chi connectivity index (χ2v) is 8.96. The molecule has 39 heavy (non-hydrogen) atoms. The summed E-state index contributed by atoms with van der Waals surface area (Å²) in [7, 11) is 1.85. The third-order valence-electron chi connectivity index (χ3n) is 6.22. The first-order chi connectivity index (χ1) is 19.0. The number of anilines is 1. The van der Waals surface area contributed by atoms with Gasteiger partial charge in [0.25, 0.3) is 5.91 Å². The van der Waals surface area contributed by atoms with Crippen LogP contribution in [0, 0.1) is 11.8 Å². The molecule has 4 aromatic heterocycles. The second-order valence-electron chi connectivity index (χ2n) is 8.96. The average Bonchev–Trinajstić information content (AvgIpc) is 3.52. The van der Waals surface area contributed by atoms with E-state index >= 15 is 0 Å². The Morgan fingerprint density at radius 3 is 2.62 bits per heavy atom. The monoisotopic (exact) mass is 513 g/mol. The number of fused-ring (bicyclic) bond motifs is 2. The molecule has 0 aliphatic carbocycles. The van der Waals surface area contributed by atoms with Crippen LogP contribution in [0.5, 0.6) is 0 Å². The van der Waals surface area contributed by atoms with Crippen LogP contribution in [0.1, 0.15) is 40.3 Å². The van der Waals surface area contributed by atoms with Gasteiger partial charge in [0.15, 0.2) is 11.5 Å². The Labute approximate surface area is 223 Å². The summed E-state index contributed by atoms with van der Waals surface area (Å²) in [6.45, 7) is 1.86. The van der Waals surface area contributed by atoms with Crippen molar-refractivity contribution in [1.29, 1.82) is 0 Å². The molecule has 0 aliphatic rings. The smallest absolute Gasteiger partial charge is 0.259 e. The largest absolute Gasteiger partial charge is 0.381 e. The number of rotatable bonds is 4. The van der Waals surface area contributed by atoms with Crippen molar-refractivity contribution < 1.29 is 4.79 Å². The topological polar surface area (TPSA) is 129 Å². The molecule has 3 N–H and O–H groups in total. The number of aromatic nitrogens is 7. The minimum absolute atomic E-state index is 0.0994. The van der Waals surface area contributed by atoms with Crippen molar-refractivity contribution in [2.75, 3.05) is 5.73 Å². The number of hydrogen-bond acceptors (Lipinski definition) is 7. The molecule has 0 spiro atoms. The van der Waals surface area contributed by atoms with E-state index in [2.05, 4.69) is 32.3 Å². The van der Waals surface area contributed by atoms with E-state index in [0.717, 1.165) is 11.1 Å². The highest BCUT2D eigenvalue weighted by molar-refractivity contribution is 6.04. The van der Waals surface area contributed by atoms with Crippen molar-refractivity contribution in [3.63, 3.8) is 0 Å². The first-order valence-corrected chi connectivity index (χ1v) is 12.3. The number of aryl methyl sites for hydroxylation is 1. The molecular formula is C29H23N9O. The van der Waals surface area contributed by atoms with E-state index in [0.29, 0.717) is 33.8 Å². The van der Waals surface area contributed by atoms with Gasteiger partial charge < -0.3 is 11.1 Å². The number of nitrogens with one attached hydrogen (secondary N) is 1. The normalized spacial score (nSPS) is 11.7. The number of nitrogens with zero attached hydrogens (tertiary/aromatic N) is 7. The fraction of sp³-hybridized carbons (Fsp3) is 0.103. The Hall–Kier alpha value is -5.56. The summed E-state index contributed by atoms with van der Waals surface area (Å²) >= 11 is 0. The van der Waals surface area contributed by atoms with Gasteiger partial charge in [0.1, 0.15) is 16.8 Å². The van der Waals surface area contributed by atoms with Gasteiger partial charge in [-0.05, 0) is 37.1 Å². The van der Waals surface area contributed by atoms with Crippen molar-refractivity contribution in [2.45, 2.75) is 13.0 Å². The van der Waals surface area contributed by atoms with Crippen LogP contribution in [0.3, 0.4) is 0 Å². The zero-order valence-corrected chi connectivity index (χ0v) is 21.2. The Kier molecular flexibility index (Phi) is 5.93. The van der Waals surface area contributed by atoms with Gasteiger partial charge in [0, 0.05) is 31.2 Å². The lowest BCUT2D eigenvalue weighted by molar-refractivity contribution is 0.0941. The standard InChI is InChI=1S/C29H23N9O/c1-18(32-29(39)23-27(30)36-38-16-7-15-31-28(23)38)24-26(19-8-4-3-5-9-19)34-25-20(10-6-11-22(25)33-24)12-13-21-14-17-37(2)35-21/h3-11,14-18H,1-2H3,(H2,30,36)(H,32,39)/t18-/m0/s1. The summed E-state index contributed by atoms with van der Waals surface area (Å²) < 4.78 is 3.19. The molecule has 6 rings (SSSR count). The van der Waals surface area contributed by atoms with Gasteiger partial charge in [-0.25, -0.2) is 19.5 Å². The van der Waals surface area contributed by atoms with Crippen LogP contribution in [0.2, 0.25) is 0 Å². The van der Waals surface area contributed by atoms with Gasteiger partial charge in [-0.2, -0.15) is 5.10 Å². The van der Waals surface area contributed by atoms with Crippen LogP contribution in [0.4, 0.5) is 5.82 Å². The van der Waals surface area contributed by atoms with Crippen LogP contribution in [-0.4, -0.2) is 40.3 Å². The number of amides is 1. The second kappa shape index (κ2) is 9.72. The van der Waals surface area contributed by atoms with Gasteiger partial charge in [0.05, 0.1) is 28.5 Å². The molecule has 10 nitrogen and oxygen atoms in total. The fourth-order valence-corrected chi connectivity index (χ4v) is 4.37. The molecule has 190 valence electrons. The Bertz CT molecular complexity index is 1910. The molecule has 0 saturated carbocycles. The quantitative estimate of drug-likeness (QED) is 0.345. The molecule has 6 aromatic rings. The van der Waals surface area contributed by atoms with Gasteiger partial charge in [-0.3, -0.25) is 9.48 Å². The predicted molar refractivity (Wildman–Crippen MR) is 147 cm³/mol. The van der Waals surface area contributed by atoms with E-state index < -0.39 is 11.9 Å². The van der Waals surface area contributed by atoms with Crippen LogP contribution in [0.15, 0.2) is 79.3 Å². The zero-order chi connectivity index (χ0) is 26.9.